The van der Waals surface area contributed by atoms with Crippen molar-refractivity contribution in [3.63, 3.8) is 0 Å². The van der Waals surface area contributed by atoms with Crippen LogP contribution in [0.4, 0.5) is 23.7 Å². The quantitative estimate of drug-likeness (QED) is 0.308. The maximum Gasteiger partial charge on any atom is 0.417 e. The Morgan fingerprint density at radius 1 is 1.21 bits per heavy atom. The number of carbonyl (C=O) groups is 2. The maximum atomic E-state index is 13.6. The predicted molar refractivity (Wildman–Crippen MR) is 144 cm³/mol. The minimum absolute atomic E-state index is 0.0396. The fraction of sp³-hybridized carbons (Fsp3) is 0.370. The number of hydrogen-bond acceptors (Lipinski definition) is 5. The molecule has 1 unspecified atom stereocenters. The van der Waals surface area contributed by atoms with Gasteiger partial charge in [0.2, 0.25) is 5.91 Å². The second kappa shape index (κ2) is 12.9. The number of imidazole rings is 1. The van der Waals surface area contributed by atoms with Crippen LogP contribution in [-0.4, -0.2) is 47.1 Å². The Hall–Kier alpha value is -3.73. The van der Waals surface area contributed by atoms with Crippen molar-refractivity contribution >= 4 is 29.3 Å². The molecule has 2 aromatic carbocycles. The highest BCUT2D eigenvalue weighted by molar-refractivity contribution is 6.33. The molecule has 210 valence electrons. The van der Waals surface area contributed by atoms with Gasteiger partial charge in [-0.25, -0.2) is 9.78 Å². The van der Waals surface area contributed by atoms with Gasteiger partial charge < -0.3 is 25.7 Å². The Morgan fingerprint density at radius 3 is 2.46 bits per heavy atom. The Balaban J connectivity index is 0.00000134. The molecule has 1 saturated heterocycles. The van der Waals surface area contributed by atoms with Gasteiger partial charge in [-0.3, -0.25) is 4.79 Å². The summed E-state index contributed by atoms with van der Waals surface area (Å²) in [6.07, 6.45) is -0.938. The summed E-state index contributed by atoms with van der Waals surface area (Å²) in [5.41, 5.74) is 6.20. The minimum Gasteiger partial charge on any atom is -0.453 e. The second-order valence-electron chi connectivity index (χ2n) is 8.97. The molecule has 39 heavy (non-hydrogen) atoms. The number of rotatable bonds is 5. The number of nitrogens with two attached hydrogens (primary N) is 1. The third-order valence-corrected chi connectivity index (χ3v) is 6.33. The molecule has 2 amide bonds. The van der Waals surface area contributed by atoms with Crippen LogP contribution in [0.3, 0.4) is 0 Å². The van der Waals surface area contributed by atoms with Crippen molar-refractivity contribution in [1.82, 2.24) is 20.2 Å². The summed E-state index contributed by atoms with van der Waals surface area (Å²) < 4.78 is 45.2. The van der Waals surface area contributed by atoms with E-state index in [9.17, 15) is 22.8 Å². The van der Waals surface area contributed by atoms with Gasteiger partial charge in [-0.15, -0.1) is 0 Å². The minimum atomic E-state index is -4.60. The summed E-state index contributed by atoms with van der Waals surface area (Å²) in [7, 11) is 1.22. The van der Waals surface area contributed by atoms with Gasteiger partial charge in [-0.05, 0) is 41.7 Å². The molecule has 8 nitrogen and oxygen atoms in total. The first kappa shape index (κ1) is 29.8. The van der Waals surface area contributed by atoms with Crippen LogP contribution in [0, 0.1) is 0 Å². The summed E-state index contributed by atoms with van der Waals surface area (Å²) in [4.78, 5) is 33.1. The van der Waals surface area contributed by atoms with Gasteiger partial charge in [0.25, 0.3) is 0 Å². The molecule has 1 aliphatic rings. The van der Waals surface area contributed by atoms with Crippen LogP contribution in [0.1, 0.15) is 50.5 Å². The number of anilines is 1. The van der Waals surface area contributed by atoms with Crippen molar-refractivity contribution in [3.05, 3.63) is 59.0 Å². The first-order valence-corrected chi connectivity index (χ1v) is 12.8. The zero-order chi connectivity index (χ0) is 28.7. The predicted octanol–water partition coefficient (Wildman–Crippen LogP) is 6.43. The standard InChI is InChI=1S/C24H23ClF3N5O3.C3H8/c1-36-23(35)31-12-21(34)33-8-2-3-20(33)22-30-11-19(32-22)14-6-4-13(5-7-14)15-9-17(25)18(29)10-16(15)24(26,27)28;1-3-2/h4-7,9-11,20H,2-3,8,12,29H2,1H3,(H,30,32)(H,31,35);3H2,1-2H3. The maximum absolute atomic E-state index is 13.6. The zero-order valence-electron chi connectivity index (χ0n) is 21.9. The van der Waals surface area contributed by atoms with Gasteiger partial charge in [0.15, 0.2) is 0 Å². The van der Waals surface area contributed by atoms with Crippen LogP contribution in [0.5, 0.6) is 0 Å². The number of nitrogens with one attached hydrogen (secondary N) is 2. The number of amides is 2. The van der Waals surface area contributed by atoms with Gasteiger partial charge >= 0.3 is 12.3 Å². The van der Waals surface area contributed by atoms with Gasteiger partial charge in [0.1, 0.15) is 12.4 Å². The third-order valence-electron chi connectivity index (χ3n) is 6.00. The average Bonchev–Trinajstić information content (AvgIpc) is 3.58. The van der Waals surface area contributed by atoms with Crippen LogP contribution in [0.25, 0.3) is 22.4 Å². The Labute approximate surface area is 229 Å². The highest BCUT2D eigenvalue weighted by atomic mass is 35.5. The van der Waals surface area contributed by atoms with E-state index in [2.05, 4.69) is 33.9 Å². The summed E-state index contributed by atoms with van der Waals surface area (Å²) in [6.45, 7) is 4.59. The monoisotopic (exact) mass is 565 g/mol. The molecule has 1 aliphatic heterocycles. The average molecular weight is 566 g/mol. The number of carbonyl (C=O) groups excluding carboxylic acids is 2. The van der Waals surface area contributed by atoms with Gasteiger partial charge in [0, 0.05) is 6.54 Å². The van der Waals surface area contributed by atoms with Crippen LogP contribution < -0.4 is 11.1 Å². The highest BCUT2D eigenvalue weighted by Crippen LogP contribution is 2.41. The Morgan fingerprint density at radius 2 is 1.85 bits per heavy atom. The highest BCUT2D eigenvalue weighted by Gasteiger charge is 2.35. The molecule has 4 N–H and O–H groups in total. The molecule has 4 rings (SSSR count). The van der Waals surface area contributed by atoms with Crippen molar-refractivity contribution in [3.8, 4) is 22.4 Å². The number of hydrogen-bond donors (Lipinski definition) is 3. The van der Waals surface area contributed by atoms with Crippen LogP contribution >= 0.6 is 11.6 Å². The lowest BCUT2D eigenvalue weighted by Crippen LogP contribution is -2.40. The van der Waals surface area contributed by atoms with Crippen molar-refractivity contribution in [2.75, 3.05) is 25.9 Å². The molecular formula is C27H31ClF3N5O3. The van der Waals surface area contributed by atoms with E-state index in [0.717, 1.165) is 12.5 Å². The fourth-order valence-corrected chi connectivity index (χ4v) is 4.38. The number of aromatic amines is 1. The molecule has 0 saturated carbocycles. The van der Waals surface area contributed by atoms with Gasteiger partial charge in [-0.2, -0.15) is 13.2 Å². The Kier molecular flexibility index (Phi) is 9.85. The van der Waals surface area contributed by atoms with Crippen molar-refractivity contribution in [1.29, 1.82) is 0 Å². The van der Waals surface area contributed by atoms with Gasteiger partial charge in [0.05, 0.1) is 41.3 Å². The van der Waals surface area contributed by atoms with E-state index in [-0.39, 0.29) is 34.8 Å². The molecule has 0 spiro atoms. The number of alkyl halides is 3. The van der Waals surface area contributed by atoms with E-state index < -0.39 is 17.8 Å². The lowest BCUT2D eigenvalue weighted by molar-refractivity contribution is -0.137. The number of alkyl carbamates (subject to hydrolysis) is 1. The molecule has 0 bridgehead atoms. The zero-order valence-corrected chi connectivity index (χ0v) is 22.6. The van der Waals surface area contributed by atoms with Crippen molar-refractivity contribution in [2.45, 2.75) is 45.3 Å². The number of likely N-dealkylation sites (tertiary alicyclic amines) is 1. The van der Waals surface area contributed by atoms with Crippen LogP contribution in [-0.2, 0) is 15.7 Å². The van der Waals surface area contributed by atoms with Crippen LogP contribution in [0.15, 0.2) is 42.6 Å². The molecule has 3 aromatic rings. The molecule has 1 aromatic heterocycles. The lowest BCUT2D eigenvalue weighted by Gasteiger charge is -2.23. The lowest BCUT2D eigenvalue weighted by atomic mass is 9.97. The largest absolute Gasteiger partial charge is 0.453 e. The molecule has 0 aliphatic carbocycles. The molecular weight excluding hydrogens is 535 g/mol. The number of benzene rings is 2. The van der Waals surface area contributed by atoms with E-state index >= 15 is 0 Å². The number of nitrogen functional groups attached to an aromatic ring is 1. The van der Waals surface area contributed by atoms with Crippen molar-refractivity contribution in [2.24, 2.45) is 0 Å². The first-order valence-electron chi connectivity index (χ1n) is 12.4. The number of H-pyrrole nitrogens is 1. The summed E-state index contributed by atoms with van der Waals surface area (Å²) in [5.74, 6) is 0.329. The first-order chi connectivity index (χ1) is 18.5. The number of ether oxygens (including phenoxy) is 1. The van der Waals surface area contributed by atoms with E-state index in [1.807, 2.05) is 0 Å². The molecule has 1 atom stereocenters. The van der Waals surface area contributed by atoms with E-state index in [1.165, 1.54) is 19.6 Å². The van der Waals surface area contributed by atoms with Crippen molar-refractivity contribution < 1.29 is 27.5 Å². The topological polar surface area (TPSA) is 113 Å². The smallest absolute Gasteiger partial charge is 0.417 e. The van der Waals surface area contributed by atoms with E-state index in [0.29, 0.717) is 35.6 Å². The number of aromatic nitrogens is 2. The van der Waals surface area contributed by atoms with E-state index in [4.69, 9.17) is 17.3 Å². The molecule has 1 fully saturated rings. The van der Waals surface area contributed by atoms with E-state index in [1.54, 1.807) is 35.4 Å². The number of methoxy groups -OCH3 is 1. The van der Waals surface area contributed by atoms with Crippen LogP contribution in [0.2, 0.25) is 5.02 Å². The van der Waals surface area contributed by atoms with Gasteiger partial charge in [-0.1, -0.05) is 56.1 Å². The number of nitrogens with zero attached hydrogens (tertiary/aromatic N) is 2. The summed E-state index contributed by atoms with van der Waals surface area (Å²) >= 11 is 5.99. The Bertz CT molecular complexity index is 1290. The summed E-state index contributed by atoms with van der Waals surface area (Å²) in [6, 6.07) is 8.25. The normalized spacial score (nSPS) is 14.9. The third kappa shape index (κ3) is 7.23. The molecule has 12 heteroatoms. The summed E-state index contributed by atoms with van der Waals surface area (Å²) in [5, 5.41) is 2.42. The molecule has 2 heterocycles. The number of halogens is 4. The second-order valence-corrected chi connectivity index (χ2v) is 9.38. The fourth-order valence-electron chi connectivity index (χ4n) is 4.22. The SMILES string of the molecule is CCC.COC(=O)NCC(=O)N1CCCC1c1ncc(-c2ccc(-c3cc(Cl)c(N)cc3C(F)(F)F)cc2)[nH]1. The molecule has 0 radical (unpaired) electrons.